The molecule has 0 aliphatic carbocycles. The minimum Gasteiger partial charge on any atom is -0.365 e. The first kappa shape index (κ1) is 19.1. The Hall–Kier alpha value is -3.85. The van der Waals surface area contributed by atoms with E-state index in [2.05, 4.69) is 57.0 Å². The molecule has 4 aromatic rings. The van der Waals surface area contributed by atoms with Gasteiger partial charge in [-0.05, 0) is 30.7 Å². The van der Waals surface area contributed by atoms with Gasteiger partial charge in [0, 0.05) is 18.2 Å². The van der Waals surface area contributed by atoms with Crippen molar-refractivity contribution in [3.05, 3.63) is 65.4 Å². The van der Waals surface area contributed by atoms with Gasteiger partial charge in [-0.3, -0.25) is 4.79 Å². The topological polar surface area (TPSA) is 108 Å². The predicted molar refractivity (Wildman–Crippen MR) is 112 cm³/mol. The molecule has 0 saturated heterocycles. The Morgan fingerprint density at radius 3 is 2.84 bits per heavy atom. The van der Waals surface area contributed by atoms with Crippen LogP contribution in [0, 0.1) is 6.92 Å². The monoisotopic (exact) mass is 416 g/mol. The molecule has 2 aromatic heterocycles. The molecule has 0 unspecified atom stereocenters. The number of anilines is 1. The third-order valence-electron chi connectivity index (χ3n) is 5.11. The van der Waals surface area contributed by atoms with E-state index in [9.17, 15) is 4.79 Å². The molecule has 3 heterocycles. The Morgan fingerprint density at radius 1 is 1.19 bits per heavy atom. The van der Waals surface area contributed by atoms with Crippen LogP contribution in [0.25, 0.3) is 23.0 Å². The van der Waals surface area contributed by atoms with Crippen LogP contribution < -0.4 is 5.32 Å². The van der Waals surface area contributed by atoms with Crippen LogP contribution >= 0.6 is 0 Å². The van der Waals surface area contributed by atoms with Crippen LogP contribution in [0.15, 0.2) is 53.1 Å². The smallest absolute Gasteiger partial charge is 0.258 e. The largest absolute Gasteiger partial charge is 0.365 e. The summed E-state index contributed by atoms with van der Waals surface area (Å²) >= 11 is 0. The minimum absolute atomic E-state index is 0.0833. The zero-order valence-corrected chi connectivity index (χ0v) is 17.1. The summed E-state index contributed by atoms with van der Waals surface area (Å²) in [6, 6.07) is 15.5. The molecule has 9 nitrogen and oxygen atoms in total. The third kappa shape index (κ3) is 3.82. The number of carbonyl (C=O) groups is 1. The molecule has 5 rings (SSSR count). The van der Waals surface area contributed by atoms with Crippen molar-refractivity contribution < 1.29 is 14.1 Å². The fourth-order valence-electron chi connectivity index (χ4n) is 3.54. The van der Waals surface area contributed by atoms with Crippen molar-refractivity contribution in [1.82, 2.24) is 25.1 Å². The molecule has 1 aliphatic rings. The van der Waals surface area contributed by atoms with Crippen molar-refractivity contribution >= 4 is 11.6 Å². The molecule has 0 bridgehead atoms. The highest BCUT2D eigenvalue weighted by Crippen LogP contribution is 2.31. The summed E-state index contributed by atoms with van der Waals surface area (Å²) in [5.41, 5.74) is 5.01. The lowest BCUT2D eigenvalue weighted by atomic mass is 10.1. The zero-order valence-electron chi connectivity index (χ0n) is 17.1. The van der Waals surface area contributed by atoms with Gasteiger partial charge in [-0.25, -0.2) is 4.68 Å². The van der Waals surface area contributed by atoms with E-state index in [0.717, 1.165) is 11.3 Å². The molecule has 0 spiro atoms. The molecule has 1 amide bonds. The zero-order chi connectivity index (χ0) is 21.4. The van der Waals surface area contributed by atoms with Crippen LogP contribution in [-0.4, -0.2) is 31.0 Å². The van der Waals surface area contributed by atoms with E-state index in [4.69, 9.17) is 9.26 Å². The first-order chi connectivity index (χ1) is 15.1. The van der Waals surface area contributed by atoms with E-state index in [1.807, 2.05) is 16.8 Å². The average Bonchev–Trinajstić information content (AvgIpc) is 3.40. The number of rotatable bonds is 4. The number of fused-ring (bicyclic) bond motifs is 1. The maximum absolute atomic E-state index is 11.3. The van der Waals surface area contributed by atoms with Gasteiger partial charge in [-0.1, -0.05) is 46.3 Å². The molecule has 156 valence electrons. The van der Waals surface area contributed by atoms with Crippen molar-refractivity contribution in [1.29, 1.82) is 0 Å². The quantitative estimate of drug-likeness (QED) is 0.542. The van der Waals surface area contributed by atoms with Gasteiger partial charge in [0.2, 0.25) is 11.7 Å². The minimum atomic E-state index is -0.150. The van der Waals surface area contributed by atoms with Crippen molar-refractivity contribution in [3.8, 4) is 23.0 Å². The van der Waals surface area contributed by atoms with E-state index >= 15 is 0 Å². The lowest BCUT2D eigenvalue weighted by Gasteiger charge is -2.24. The van der Waals surface area contributed by atoms with E-state index in [1.54, 1.807) is 12.1 Å². The molecular formula is C22H20N6O3. The van der Waals surface area contributed by atoms with Gasteiger partial charge in [-0.15, -0.1) is 5.10 Å². The SMILES string of the molecule is CC(=O)Nc1cccc(-c2nc(-c3nnn4c3CO[C@H](c3ccc(C)cc3)C4)no2)c1. The number of nitrogens with zero attached hydrogens (tertiary/aromatic N) is 5. The Morgan fingerprint density at radius 2 is 2.03 bits per heavy atom. The number of benzene rings is 2. The van der Waals surface area contributed by atoms with Crippen molar-refractivity contribution in [2.45, 2.75) is 33.1 Å². The summed E-state index contributed by atoms with van der Waals surface area (Å²) in [5.74, 6) is 0.528. The summed E-state index contributed by atoms with van der Waals surface area (Å²) in [6.07, 6.45) is -0.0833. The molecule has 0 saturated carbocycles. The molecule has 31 heavy (non-hydrogen) atoms. The second-order valence-corrected chi connectivity index (χ2v) is 7.46. The molecule has 1 aliphatic heterocycles. The maximum Gasteiger partial charge on any atom is 0.258 e. The van der Waals surface area contributed by atoms with Gasteiger partial charge in [0.1, 0.15) is 6.10 Å². The van der Waals surface area contributed by atoms with Crippen molar-refractivity contribution in [2.24, 2.45) is 0 Å². The summed E-state index contributed by atoms with van der Waals surface area (Å²) in [5, 5.41) is 15.4. The van der Waals surface area contributed by atoms with E-state index in [1.165, 1.54) is 12.5 Å². The second kappa shape index (κ2) is 7.77. The Bertz CT molecular complexity index is 1240. The number of hydrogen-bond donors (Lipinski definition) is 1. The fraction of sp³-hybridized carbons (Fsp3) is 0.227. The summed E-state index contributed by atoms with van der Waals surface area (Å²) in [4.78, 5) is 15.8. The van der Waals surface area contributed by atoms with Gasteiger partial charge < -0.3 is 14.6 Å². The summed E-state index contributed by atoms with van der Waals surface area (Å²) in [7, 11) is 0. The highest BCUT2D eigenvalue weighted by atomic mass is 16.5. The van der Waals surface area contributed by atoms with Crippen LogP contribution in [-0.2, 0) is 22.7 Å². The summed E-state index contributed by atoms with van der Waals surface area (Å²) in [6.45, 7) is 4.43. The normalized spacial score (nSPS) is 15.5. The van der Waals surface area contributed by atoms with Gasteiger partial charge in [0.15, 0.2) is 5.69 Å². The fourth-order valence-corrected chi connectivity index (χ4v) is 3.54. The predicted octanol–water partition coefficient (Wildman–Crippen LogP) is 3.53. The van der Waals surface area contributed by atoms with Crippen molar-refractivity contribution in [2.75, 3.05) is 5.32 Å². The number of hydrogen-bond acceptors (Lipinski definition) is 7. The maximum atomic E-state index is 11.3. The van der Waals surface area contributed by atoms with Crippen LogP contribution in [0.4, 0.5) is 5.69 Å². The average molecular weight is 416 g/mol. The molecule has 0 fully saturated rings. The second-order valence-electron chi connectivity index (χ2n) is 7.46. The van der Waals surface area contributed by atoms with E-state index in [0.29, 0.717) is 41.8 Å². The first-order valence-corrected chi connectivity index (χ1v) is 9.89. The van der Waals surface area contributed by atoms with Gasteiger partial charge in [0.05, 0.1) is 18.8 Å². The number of aryl methyl sites for hydroxylation is 1. The molecule has 1 N–H and O–H groups in total. The standard InChI is InChI=1S/C22H20N6O3/c1-13-6-8-15(9-7-13)19-11-28-18(12-30-19)20(25-27-28)21-24-22(31-26-21)16-4-3-5-17(10-16)23-14(2)29/h3-10,19H,11-12H2,1-2H3,(H,23,29)/t19-/m0/s1. The number of carbonyl (C=O) groups excluding carboxylic acids is 1. The van der Waals surface area contributed by atoms with Crippen LogP contribution in [0.3, 0.4) is 0 Å². The number of ether oxygens (including phenoxy) is 1. The molecule has 2 aromatic carbocycles. The van der Waals surface area contributed by atoms with Gasteiger partial charge in [-0.2, -0.15) is 4.98 Å². The lowest BCUT2D eigenvalue weighted by molar-refractivity contribution is -0.114. The van der Waals surface area contributed by atoms with Crippen LogP contribution in [0.5, 0.6) is 0 Å². The third-order valence-corrected chi connectivity index (χ3v) is 5.11. The van der Waals surface area contributed by atoms with Gasteiger partial charge >= 0.3 is 0 Å². The van der Waals surface area contributed by atoms with E-state index < -0.39 is 0 Å². The lowest BCUT2D eigenvalue weighted by Crippen LogP contribution is -2.22. The Labute approximate surface area is 178 Å². The first-order valence-electron chi connectivity index (χ1n) is 9.89. The van der Waals surface area contributed by atoms with E-state index in [-0.39, 0.29) is 12.0 Å². The molecule has 1 atom stereocenters. The Kier molecular flexibility index (Phi) is 4.79. The highest BCUT2D eigenvalue weighted by molar-refractivity contribution is 5.89. The molecule has 9 heteroatoms. The Balaban J connectivity index is 1.38. The molecular weight excluding hydrogens is 396 g/mol. The highest BCUT2D eigenvalue weighted by Gasteiger charge is 2.27. The summed E-state index contributed by atoms with van der Waals surface area (Å²) < 4.78 is 13.3. The van der Waals surface area contributed by atoms with Gasteiger partial charge in [0.25, 0.3) is 5.89 Å². The van der Waals surface area contributed by atoms with Crippen LogP contribution in [0.2, 0.25) is 0 Å². The molecule has 0 radical (unpaired) electrons. The van der Waals surface area contributed by atoms with Crippen molar-refractivity contribution in [3.63, 3.8) is 0 Å². The number of aromatic nitrogens is 5. The number of nitrogens with one attached hydrogen (secondary N) is 1. The number of amides is 1. The van der Waals surface area contributed by atoms with Crippen LogP contribution in [0.1, 0.15) is 29.8 Å².